The third kappa shape index (κ3) is 5.23. The molecule has 0 aromatic rings. The number of rotatable bonds is 4. The van der Waals surface area contributed by atoms with Crippen LogP contribution in [-0.2, 0) is 9.59 Å². The summed E-state index contributed by atoms with van der Waals surface area (Å²) >= 11 is 0. The van der Waals surface area contributed by atoms with Crippen molar-refractivity contribution in [2.75, 3.05) is 13.6 Å². The first-order valence-electron chi connectivity index (χ1n) is 6.31. The Morgan fingerprint density at radius 1 is 1.33 bits per heavy atom. The molecule has 0 radical (unpaired) electrons. The highest BCUT2D eigenvalue weighted by Crippen LogP contribution is 2.21. The molecule has 0 aromatic heterocycles. The van der Waals surface area contributed by atoms with Gasteiger partial charge in [-0.3, -0.25) is 9.59 Å². The molecule has 0 heterocycles. The number of carbonyl (C=O) groups is 2. The molecule has 1 aliphatic carbocycles. The molecular weight excluding hydrogens is 254 g/mol. The first-order valence-corrected chi connectivity index (χ1v) is 6.31. The van der Waals surface area contributed by atoms with Crippen LogP contribution in [-0.4, -0.2) is 42.4 Å². The van der Waals surface area contributed by atoms with Crippen molar-refractivity contribution < 1.29 is 9.59 Å². The first kappa shape index (κ1) is 17.2. The van der Waals surface area contributed by atoms with Crippen molar-refractivity contribution in [1.29, 1.82) is 0 Å². The van der Waals surface area contributed by atoms with Crippen LogP contribution in [0.3, 0.4) is 0 Å². The molecule has 0 aliphatic heterocycles. The number of halogens is 1. The van der Waals surface area contributed by atoms with Crippen molar-refractivity contribution in [2.45, 2.75) is 51.1 Å². The van der Waals surface area contributed by atoms with Crippen molar-refractivity contribution in [3.05, 3.63) is 0 Å². The van der Waals surface area contributed by atoms with Crippen LogP contribution in [0.5, 0.6) is 0 Å². The van der Waals surface area contributed by atoms with Crippen molar-refractivity contribution in [3.8, 4) is 0 Å². The zero-order valence-corrected chi connectivity index (χ0v) is 12.0. The van der Waals surface area contributed by atoms with Gasteiger partial charge < -0.3 is 16.0 Å². The summed E-state index contributed by atoms with van der Waals surface area (Å²) in [5, 5.41) is 2.55. The number of nitrogens with zero attached hydrogens (tertiary/aromatic N) is 1. The number of hydrogen-bond acceptors (Lipinski definition) is 3. The fraction of sp³-hybridized carbons (Fsp3) is 0.833. The Labute approximate surface area is 115 Å². The van der Waals surface area contributed by atoms with Gasteiger partial charge in [-0.2, -0.15) is 0 Å². The van der Waals surface area contributed by atoms with Crippen LogP contribution in [0.1, 0.15) is 39.0 Å². The average molecular weight is 278 g/mol. The second kappa shape index (κ2) is 8.32. The molecule has 18 heavy (non-hydrogen) atoms. The summed E-state index contributed by atoms with van der Waals surface area (Å²) in [6.45, 7) is 1.65. The number of hydrogen-bond donors (Lipinski definition) is 2. The number of amides is 2. The average Bonchev–Trinajstić information content (AvgIpc) is 2.35. The van der Waals surface area contributed by atoms with Crippen molar-refractivity contribution in [2.24, 2.45) is 5.73 Å². The van der Waals surface area contributed by atoms with E-state index in [1.165, 1.54) is 19.3 Å². The van der Waals surface area contributed by atoms with Crippen LogP contribution in [0, 0.1) is 0 Å². The molecule has 0 unspecified atom stereocenters. The zero-order chi connectivity index (χ0) is 12.8. The van der Waals surface area contributed by atoms with Crippen LogP contribution in [0.4, 0.5) is 0 Å². The fourth-order valence-electron chi connectivity index (χ4n) is 2.12. The predicted octanol–water partition coefficient (Wildman–Crippen LogP) is 0.663. The predicted molar refractivity (Wildman–Crippen MR) is 73.6 cm³/mol. The summed E-state index contributed by atoms with van der Waals surface area (Å²) in [5.74, 6) is -0.318. The van der Waals surface area contributed by atoms with Gasteiger partial charge >= 0.3 is 0 Å². The highest BCUT2D eigenvalue weighted by Gasteiger charge is 2.22. The molecule has 3 N–H and O–H groups in total. The van der Waals surface area contributed by atoms with Crippen LogP contribution in [0.15, 0.2) is 0 Å². The first-order chi connectivity index (χ1) is 8.02. The number of likely N-dealkylation sites (N-methyl/N-ethyl adjacent to an activating group) is 1. The van der Waals surface area contributed by atoms with E-state index in [1.54, 1.807) is 11.8 Å². The Kier molecular flexibility index (Phi) is 7.95. The highest BCUT2D eigenvalue weighted by molar-refractivity contribution is 5.87. The Morgan fingerprint density at radius 3 is 2.39 bits per heavy atom. The molecule has 5 nitrogen and oxygen atoms in total. The van der Waals surface area contributed by atoms with Crippen molar-refractivity contribution >= 4 is 24.2 Å². The molecule has 0 aromatic carbocycles. The summed E-state index contributed by atoms with van der Waals surface area (Å²) in [5.41, 5.74) is 5.40. The molecule has 0 saturated heterocycles. The molecule has 106 valence electrons. The van der Waals surface area contributed by atoms with Crippen LogP contribution >= 0.6 is 12.4 Å². The molecule has 1 atom stereocenters. The minimum Gasteiger partial charge on any atom is -0.346 e. The Bertz CT molecular complexity index is 278. The molecule has 1 rings (SSSR count). The fourth-order valence-corrected chi connectivity index (χ4v) is 2.12. The topological polar surface area (TPSA) is 75.4 Å². The van der Waals surface area contributed by atoms with E-state index in [2.05, 4.69) is 5.32 Å². The lowest BCUT2D eigenvalue weighted by Crippen LogP contribution is -2.46. The van der Waals surface area contributed by atoms with Gasteiger partial charge in [0.05, 0.1) is 12.6 Å². The normalized spacial score (nSPS) is 17.5. The lowest BCUT2D eigenvalue weighted by Gasteiger charge is -2.31. The molecule has 1 saturated carbocycles. The second-order valence-corrected chi connectivity index (χ2v) is 4.80. The molecule has 6 heteroatoms. The zero-order valence-electron chi connectivity index (χ0n) is 11.1. The largest absolute Gasteiger partial charge is 0.346 e. The number of nitrogens with two attached hydrogens (primary N) is 1. The lowest BCUT2D eigenvalue weighted by molar-refractivity contribution is -0.134. The SMILES string of the molecule is C[C@@H](N)C(=O)NCC(=O)N(C)C1CCCCC1.Cl. The van der Waals surface area contributed by atoms with Crippen molar-refractivity contribution in [3.63, 3.8) is 0 Å². The van der Waals surface area contributed by atoms with E-state index in [4.69, 9.17) is 5.73 Å². The van der Waals surface area contributed by atoms with E-state index in [1.807, 2.05) is 7.05 Å². The van der Waals surface area contributed by atoms with Gasteiger partial charge in [-0.15, -0.1) is 12.4 Å². The Morgan fingerprint density at radius 2 is 1.89 bits per heavy atom. The summed E-state index contributed by atoms with van der Waals surface area (Å²) in [7, 11) is 1.82. The molecule has 1 aliphatic rings. The highest BCUT2D eigenvalue weighted by atomic mass is 35.5. The van der Waals surface area contributed by atoms with Gasteiger partial charge in [-0.25, -0.2) is 0 Å². The van der Waals surface area contributed by atoms with Gasteiger partial charge in [-0.1, -0.05) is 19.3 Å². The molecular formula is C12H24ClN3O2. The molecule has 0 spiro atoms. The smallest absolute Gasteiger partial charge is 0.241 e. The van der Waals surface area contributed by atoms with Gasteiger partial charge in [0.25, 0.3) is 0 Å². The third-order valence-electron chi connectivity index (χ3n) is 3.34. The Balaban J connectivity index is 0.00000289. The van der Waals surface area contributed by atoms with Crippen LogP contribution < -0.4 is 11.1 Å². The van der Waals surface area contributed by atoms with Gasteiger partial charge in [0.2, 0.25) is 11.8 Å². The molecule has 1 fully saturated rings. The number of carbonyl (C=O) groups excluding carboxylic acids is 2. The number of nitrogens with one attached hydrogen (secondary N) is 1. The maximum absolute atomic E-state index is 11.8. The summed E-state index contributed by atoms with van der Waals surface area (Å²) in [4.78, 5) is 24.8. The van der Waals surface area contributed by atoms with Crippen molar-refractivity contribution in [1.82, 2.24) is 10.2 Å². The van der Waals surface area contributed by atoms with E-state index in [0.29, 0.717) is 6.04 Å². The minimum absolute atomic E-state index is 0. The summed E-state index contributed by atoms with van der Waals surface area (Å²) < 4.78 is 0. The third-order valence-corrected chi connectivity index (χ3v) is 3.34. The second-order valence-electron chi connectivity index (χ2n) is 4.80. The van der Waals surface area contributed by atoms with E-state index in [9.17, 15) is 9.59 Å². The van der Waals surface area contributed by atoms with E-state index >= 15 is 0 Å². The maximum Gasteiger partial charge on any atom is 0.241 e. The van der Waals surface area contributed by atoms with Gasteiger partial charge in [0.15, 0.2) is 0 Å². The van der Waals surface area contributed by atoms with Gasteiger partial charge in [-0.05, 0) is 19.8 Å². The monoisotopic (exact) mass is 277 g/mol. The molecule has 0 bridgehead atoms. The summed E-state index contributed by atoms with van der Waals surface area (Å²) in [6, 6.07) is -0.230. The van der Waals surface area contributed by atoms with Crippen LogP contribution in [0.2, 0.25) is 0 Å². The Hall–Kier alpha value is -0.810. The van der Waals surface area contributed by atoms with Crippen LogP contribution in [0.25, 0.3) is 0 Å². The molecule has 2 amide bonds. The van der Waals surface area contributed by atoms with Gasteiger partial charge in [0, 0.05) is 13.1 Å². The van der Waals surface area contributed by atoms with E-state index in [0.717, 1.165) is 12.8 Å². The van der Waals surface area contributed by atoms with Gasteiger partial charge in [0.1, 0.15) is 0 Å². The summed E-state index contributed by atoms with van der Waals surface area (Å²) in [6.07, 6.45) is 5.79. The minimum atomic E-state index is -0.567. The van der Waals surface area contributed by atoms with E-state index < -0.39 is 6.04 Å². The van der Waals surface area contributed by atoms with E-state index in [-0.39, 0.29) is 30.8 Å². The maximum atomic E-state index is 11.8. The lowest BCUT2D eigenvalue weighted by atomic mass is 9.94. The standard InChI is InChI=1S/C12H23N3O2.ClH/c1-9(13)12(17)14-8-11(16)15(2)10-6-4-3-5-7-10;/h9-10H,3-8,13H2,1-2H3,(H,14,17);1H/t9-;/m1./s1. The quantitative estimate of drug-likeness (QED) is 0.793.